The fraction of sp³-hybridized carbons (Fsp3) is 1.00. The number of likely N-dealkylation sites (N-methyl/N-ethyl adjacent to an activating group) is 2. The number of aliphatic hydroxyl groups excluding tert-OH is 3. The van der Waals surface area contributed by atoms with E-state index in [1.165, 1.54) is 110 Å². The SMILES string of the molecule is C1CNCCN1.CC(C)(N)CO.CC(O)CN.CC1(N)CC1.CN(C)CCN1CCNCC1.CN(C)CCN1CCNCC1N1CCCCC1.CNC.OCCC1CCCCN1. The second-order valence-electron chi connectivity index (χ2n) is 19.1. The van der Waals surface area contributed by atoms with Gasteiger partial charge >= 0.3 is 0 Å². The van der Waals surface area contributed by atoms with Crippen molar-refractivity contribution in [2.45, 2.75) is 115 Å². The Bertz CT molecular complexity index is 891. The van der Waals surface area contributed by atoms with Crippen molar-refractivity contribution in [3.05, 3.63) is 0 Å². The van der Waals surface area contributed by atoms with Crippen LogP contribution in [0.15, 0.2) is 0 Å². The van der Waals surface area contributed by atoms with Crippen molar-refractivity contribution in [3.63, 3.8) is 0 Å². The lowest BCUT2D eigenvalue weighted by Crippen LogP contribution is -2.60. The van der Waals surface area contributed by atoms with E-state index in [0.29, 0.717) is 25.4 Å². The third-order valence-corrected chi connectivity index (χ3v) is 10.7. The number of piperazine rings is 3. The smallest absolute Gasteiger partial charge is 0.0752 e. The van der Waals surface area contributed by atoms with Gasteiger partial charge in [0.15, 0.2) is 0 Å². The minimum atomic E-state index is -0.403. The molecule has 62 heavy (non-hydrogen) atoms. The van der Waals surface area contributed by atoms with E-state index in [1.807, 2.05) is 14.1 Å². The molecule has 5 aliphatic heterocycles. The highest BCUT2D eigenvalue weighted by Gasteiger charge is 2.31. The number of hydrogen-bond donors (Lipinski definition) is 12. The van der Waals surface area contributed by atoms with E-state index in [1.54, 1.807) is 20.8 Å². The summed E-state index contributed by atoms with van der Waals surface area (Å²) in [6, 6.07) is 0.601. The number of aliphatic hydroxyl groups is 3. The molecule has 6 fully saturated rings. The first-order valence-corrected chi connectivity index (χ1v) is 24.3. The van der Waals surface area contributed by atoms with Gasteiger partial charge in [0.05, 0.1) is 18.9 Å². The first-order valence-electron chi connectivity index (χ1n) is 24.3. The van der Waals surface area contributed by atoms with Gasteiger partial charge < -0.3 is 74.2 Å². The third kappa shape index (κ3) is 44.5. The number of nitrogens with one attached hydrogen (secondary N) is 6. The molecule has 0 aromatic carbocycles. The Labute approximate surface area is 382 Å². The summed E-state index contributed by atoms with van der Waals surface area (Å²) in [5, 5.41) is 44.5. The topological polar surface area (TPSA) is 227 Å². The van der Waals surface area contributed by atoms with Crippen LogP contribution in [0, 0.1) is 0 Å². The molecule has 6 aliphatic rings. The van der Waals surface area contributed by atoms with Gasteiger partial charge in [0.25, 0.3) is 0 Å². The molecule has 5 heterocycles. The van der Waals surface area contributed by atoms with Crippen molar-refractivity contribution in [3.8, 4) is 0 Å². The van der Waals surface area contributed by atoms with Crippen molar-refractivity contribution < 1.29 is 15.3 Å². The first kappa shape index (κ1) is 63.4. The molecule has 0 amide bonds. The highest BCUT2D eigenvalue weighted by molar-refractivity contribution is 4.93. The molecule has 3 atom stereocenters. The van der Waals surface area contributed by atoms with Crippen LogP contribution in [0.25, 0.3) is 0 Å². The van der Waals surface area contributed by atoms with E-state index >= 15 is 0 Å². The lowest BCUT2D eigenvalue weighted by Gasteiger charge is -2.44. The first-order chi connectivity index (χ1) is 29.4. The average molecular weight is 893 g/mol. The Morgan fingerprint density at radius 1 is 0.758 bits per heavy atom. The maximum Gasteiger partial charge on any atom is 0.0752 e. The standard InChI is InChI=1S/C13H28N4.C8H19N3.C7H15NO.C4H10N2.C4H11NO.C4H9N.C3H9NO.C2H7N/c1-15(2)10-11-17-9-6-14-12-13(17)16-7-4-3-5-8-16;1-10(2)7-8-11-5-3-9-4-6-11;9-6-4-7-3-1-2-5-8-7;1-2-6-4-3-5-1;1-4(2,5)3-6;1-4(5)2-3-4;1-3(5)2-4;1-3-2/h13-14H,3-12H2,1-2H3;9H,3-8H2,1-2H3;7-9H,1-6H2;5-6H,1-4H2;6H,3,5H2,1-2H3;2-3,5H2,1H3;3,5H,2,4H2,1H3;3H,1-2H3. The van der Waals surface area contributed by atoms with Gasteiger partial charge in [0.1, 0.15) is 0 Å². The van der Waals surface area contributed by atoms with Gasteiger partial charge in [-0.05, 0) is 135 Å². The van der Waals surface area contributed by atoms with E-state index in [2.05, 4.69) is 91.5 Å². The molecule has 17 heteroatoms. The van der Waals surface area contributed by atoms with Gasteiger partial charge in [-0.2, -0.15) is 0 Å². The van der Waals surface area contributed by atoms with Gasteiger partial charge in [-0.25, -0.2) is 0 Å². The van der Waals surface area contributed by atoms with E-state index in [9.17, 15) is 0 Å². The van der Waals surface area contributed by atoms with E-state index in [-0.39, 0.29) is 18.2 Å². The number of hydrogen-bond acceptors (Lipinski definition) is 17. The molecule has 0 radical (unpaired) electrons. The van der Waals surface area contributed by atoms with Gasteiger partial charge in [-0.15, -0.1) is 0 Å². The molecule has 5 saturated heterocycles. The van der Waals surface area contributed by atoms with Gasteiger partial charge in [-0.1, -0.05) is 12.8 Å². The molecule has 15 N–H and O–H groups in total. The average Bonchev–Trinajstić information content (AvgIpc) is 3.98. The normalized spacial score (nSPS) is 23.1. The summed E-state index contributed by atoms with van der Waals surface area (Å²) in [6.07, 6.45) is 11.8. The molecule has 0 spiro atoms. The predicted octanol–water partition coefficient (Wildman–Crippen LogP) is -1.22. The third-order valence-electron chi connectivity index (χ3n) is 10.7. The summed E-state index contributed by atoms with van der Waals surface area (Å²) >= 11 is 0. The van der Waals surface area contributed by atoms with Crippen LogP contribution in [0.2, 0.25) is 0 Å². The molecule has 0 bridgehead atoms. The van der Waals surface area contributed by atoms with E-state index in [4.69, 9.17) is 32.5 Å². The molecule has 376 valence electrons. The van der Waals surface area contributed by atoms with Crippen LogP contribution in [0.3, 0.4) is 0 Å². The highest BCUT2D eigenvalue weighted by Crippen LogP contribution is 2.30. The summed E-state index contributed by atoms with van der Waals surface area (Å²) in [6.45, 7) is 29.3. The quantitative estimate of drug-likeness (QED) is 0.117. The highest BCUT2D eigenvalue weighted by atomic mass is 16.3. The summed E-state index contributed by atoms with van der Waals surface area (Å²) in [5.74, 6) is 0. The predicted molar refractivity (Wildman–Crippen MR) is 266 cm³/mol. The summed E-state index contributed by atoms with van der Waals surface area (Å²) < 4.78 is 0. The zero-order valence-electron chi connectivity index (χ0n) is 42.3. The Kier molecular flexibility index (Phi) is 42.7. The lowest BCUT2D eigenvalue weighted by atomic mass is 10.0. The summed E-state index contributed by atoms with van der Waals surface area (Å²) in [4.78, 5) is 12.4. The minimum Gasteiger partial charge on any atom is -0.396 e. The number of piperidine rings is 2. The maximum atomic E-state index is 8.58. The summed E-state index contributed by atoms with van der Waals surface area (Å²) in [7, 11) is 12.3. The minimum absolute atomic E-state index is 0.0486. The second kappa shape index (κ2) is 41.7. The maximum absolute atomic E-state index is 8.58. The fourth-order valence-corrected chi connectivity index (χ4v) is 6.30. The number of rotatable bonds is 11. The Hall–Kier alpha value is -0.680. The molecule has 1 aliphatic carbocycles. The molecular weight excluding hydrogens is 785 g/mol. The van der Waals surface area contributed by atoms with E-state index in [0.717, 1.165) is 65.3 Å². The van der Waals surface area contributed by atoms with Crippen molar-refractivity contribution >= 4 is 0 Å². The zero-order valence-corrected chi connectivity index (χ0v) is 42.3. The van der Waals surface area contributed by atoms with Crippen molar-refractivity contribution in [1.29, 1.82) is 0 Å². The van der Waals surface area contributed by atoms with Gasteiger partial charge in [0, 0.05) is 128 Å². The molecule has 17 nitrogen and oxygen atoms in total. The van der Waals surface area contributed by atoms with Crippen LogP contribution in [-0.2, 0) is 0 Å². The molecule has 6 rings (SSSR count). The van der Waals surface area contributed by atoms with Crippen LogP contribution in [-0.4, -0.2) is 249 Å². The second-order valence-corrected chi connectivity index (χ2v) is 19.1. The van der Waals surface area contributed by atoms with E-state index < -0.39 is 5.54 Å². The molecule has 0 aromatic rings. The number of likely N-dealkylation sites (tertiary alicyclic amines) is 1. The van der Waals surface area contributed by atoms with Crippen LogP contribution in [0.5, 0.6) is 0 Å². The Balaban J connectivity index is 0. The Morgan fingerprint density at radius 3 is 1.61 bits per heavy atom. The van der Waals surface area contributed by atoms with Crippen LogP contribution in [0.1, 0.15) is 85.5 Å². The largest absolute Gasteiger partial charge is 0.396 e. The van der Waals surface area contributed by atoms with Crippen molar-refractivity contribution in [1.82, 2.24) is 56.4 Å². The number of nitrogens with zero attached hydrogens (tertiary/aromatic N) is 5. The molecule has 0 aromatic heterocycles. The zero-order chi connectivity index (χ0) is 47.1. The van der Waals surface area contributed by atoms with Crippen LogP contribution < -0.4 is 49.1 Å². The van der Waals surface area contributed by atoms with Crippen LogP contribution >= 0.6 is 0 Å². The lowest BCUT2D eigenvalue weighted by molar-refractivity contribution is 0.00982. The number of nitrogens with two attached hydrogens (primary N) is 3. The van der Waals surface area contributed by atoms with Gasteiger partial charge in [0.2, 0.25) is 0 Å². The molecule has 3 unspecified atom stereocenters. The molecular formula is C45H108N14O3. The Morgan fingerprint density at radius 2 is 1.23 bits per heavy atom. The van der Waals surface area contributed by atoms with Gasteiger partial charge in [-0.3, -0.25) is 14.7 Å². The van der Waals surface area contributed by atoms with Crippen molar-refractivity contribution in [2.75, 3.05) is 180 Å². The summed E-state index contributed by atoms with van der Waals surface area (Å²) in [5.41, 5.74) is 15.5. The monoisotopic (exact) mass is 893 g/mol. The van der Waals surface area contributed by atoms with Crippen LogP contribution in [0.4, 0.5) is 0 Å². The fourth-order valence-electron chi connectivity index (χ4n) is 6.30. The molecule has 1 saturated carbocycles. The van der Waals surface area contributed by atoms with Crippen molar-refractivity contribution in [2.24, 2.45) is 17.2 Å².